The second-order valence-electron chi connectivity index (χ2n) is 6.10. The van der Waals surface area contributed by atoms with Gasteiger partial charge < -0.3 is 0 Å². The summed E-state index contributed by atoms with van der Waals surface area (Å²) in [4.78, 5) is 13.2. The van der Waals surface area contributed by atoms with E-state index in [1.54, 1.807) is 0 Å². The molecule has 1 aromatic rings. The van der Waals surface area contributed by atoms with Gasteiger partial charge in [0.05, 0.1) is 5.70 Å². The summed E-state index contributed by atoms with van der Waals surface area (Å²) in [5.41, 5.74) is 6.32. The molecule has 3 nitrogen and oxygen atoms in total. The molecule has 1 aromatic heterocycles. The highest BCUT2D eigenvalue weighted by molar-refractivity contribution is 5.94. The van der Waals surface area contributed by atoms with Crippen molar-refractivity contribution in [1.29, 1.82) is 0 Å². The highest BCUT2D eigenvalue weighted by atomic mass is 14.8. The molecule has 1 aliphatic carbocycles. The van der Waals surface area contributed by atoms with Crippen LogP contribution in [0.2, 0.25) is 0 Å². The maximum Gasteiger partial charge on any atom is 0.0517 e. The van der Waals surface area contributed by atoms with E-state index < -0.39 is 0 Å². The molecule has 0 N–H and O–H groups in total. The molecule has 1 heterocycles. The average Bonchev–Trinajstić information content (AvgIpc) is 2.49. The van der Waals surface area contributed by atoms with E-state index in [0.717, 1.165) is 47.6 Å². The summed E-state index contributed by atoms with van der Waals surface area (Å²) < 4.78 is 0. The van der Waals surface area contributed by atoms with Crippen molar-refractivity contribution in [2.45, 2.75) is 40.5 Å². The van der Waals surface area contributed by atoms with Crippen molar-refractivity contribution in [3.05, 3.63) is 47.4 Å². The van der Waals surface area contributed by atoms with E-state index in [1.165, 1.54) is 5.56 Å². The summed E-state index contributed by atoms with van der Waals surface area (Å²) in [5.74, 6) is 0. The van der Waals surface area contributed by atoms with Crippen molar-refractivity contribution in [1.82, 2.24) is 4.98 Å². The molecule has 3 heteroatoms. The number of hydrogen-bond donors (Lipinski definition) is 0. The molecule has 0 spiro atoms. The van der Waals surface area contributed by atoms with Crippen LogP contribution in [0.25, 0.3) is 5.57 Å². The van der Waals surface area contributed by atoms with Gasteiger partial charge in [0.15, 0.2) is 0 Å². The van der Waals surface area contributed by atoms with Gasteiger partial charge in [-0.15, -0.1) is 0 Å². The number of allylic oxidation sites excluding steroid dienone is 2. The largest absolute Gasteiger partial charge is 0.290 e. The normalized spacial score (nSPS) is 22.5. The number of fused-ring (bicyclic) bond motifs is 1. The van der Waals surface area contributed by atoms with Crippen LogP contribution in [-0.2, 0) is 6.42 Å². The number of aliphatic imine (C=N–C) groups is 2. The van der Waals surface area contributed by atoms with Gasteiger partial charge in [-0.2, -0.15) is 0 Å². The Labute approximate surface area is 133 Å². The number of aromatic nitrogens is 1. The van der Waals surface area contributed by atoms with Gasteiger partial charge in [-0.1, -0.05) is 6.58 Å². The molecule has 0 saturated carbocycles. The predicted molar refractivity (Wildman–Crippen MR) is 95.7 cm³/mol. The minimum Gasteiger partial charge on any atom is -0.290 e. The van der Waals surface area contributed by atoms with E-state index in [1.807, 2.05) is 33.0 Å². The second kappa shape index (κ2) is 6.39. The van der Waals surface area contributed by atoms with Crippen LogP contribution in [-0.4, -0.2) is 24.0 Å². The summed E-state index contributed by atoms with van der Waals surface area (Å²) in [7, 11) is 0. The SMILES string of the molecule is C=N/C(=C\C(C)=NCC)C1(C)CCc2cc(C)ncc2C1=C. The number of hydrogen-bond acceptors (Lipinski definition) is 3. The van der Waals surface area contributed by atoms with Gasteiger partial charge >= 0.3 is 0 Å². The van der Waals surface area contributed by atoms with Crippen LogP contribution < -0.4 is 0 Å². The quantitative estimate of drug-likeness (QED) is 0.758. The Morgan fingerprint density at radius 1 is 1.50 bits per heavy atom. The summed E-state index contributed by atoms with van der Waals surface area (Å²) in [6, 6.07) is 2.16. The Balaban J connectivity index is 2.46. The lowest BCUT2D eigenvalue weighted by atomic mass is 9.68. The van der Waals surface area contributed by atoms with Gasteiger partial charge in [0, 0.05) is 29.6 Å². The molecule has 0 aliphatic heterocycles. The first-order chi connectivity index (χ1) is 10.4. The number of nitrogens with zero attached hydrogens (tertiary/aromatic N) is 3. The highest BCUT2D eigenvalue weighted by Gasteiger charge is 2.37. The lowest BCUT2D eigenvalue weighted by Crippen LogP contribution is -2.26. The standard InChI is InChI=1S/C19H25N3/c1-7-21-14(3)11-18(20-6)19(5)9-8-16-10-13(2)22-12-17(16)15(19)4/h10-12H,4,6-9H2,1-3,5H3/b18-11-,21-14?. The first-order valence-electron chi connectivity index (χ1n) is 7.77. The Morgan fingerprint density at radius 3 is 2.86 bits per heavy atom. The molecule has 0 radical (unpaired) electrons. The molecular weight excluding hydrogens is 270 g/mol. The fraction of sp³-hybridized carbons (Fsp3) is 0.421. The zero-order chi connectivity index (χ0) is 16.3. The smallest absolute Gasteiger partial charge is 0.0517 e. The third-order valence-electron chi connectivity index (χ3n) is 4.50. The van der Waals surface area contributed by atoms with E-state index >= 15 is 0 Å². The van der Waals surface area contributed by atoms with Crippen molar-refractivity contribution in [2.75, 3.05) is 6.54 Å². The minimum absolute atomic E-state index is 0.212. The van der Waals surface area contributed by atoms with Crippen molar-refractivity contribution < 1.29 is 0 Å². The summed E-state index contributed by atoms with van der Waals surface area (Å²) >= 11 is 0. The lowest BCUT2D eigenvalue weighted by molar-refractivity contribution is 0.469. The number of aryl methyl sites for hydroxylation is 2. The van der Waals surface area contributed by atoms with Crippen LogP contribution in [0.15, 0.2) is 40.6 Å². The highest BCUT2D eigenvalue weighted by Crippen LogP contribution is 2.48. The molecule has 2 rings (SSSR count). The summed E-state index contributed by atoms with van der Waals surface area (Å²) in [6.07, 6.45) is 5.96. The van der Waals surface area contributed by atoms with Crippen LogP contribution in [0.4, 0.5) is 0 Å². The molecule has 0 fully saturated rings. The Morgan fingerprint density at radius 2 is 2.23 bits per heavy atom. The zero-order valence-electron chi connectivity index (χ0n) is 14.1. The van der Waals surface area contributed by atoms with E-state index in [2.05, 4.69) is 41.3 Å². The maximum absolute atomic E-state index is 4.43. The van der Waals surface area contributed by atoms with E-state index in [4.69, 9.17) is 0 Å². The van der Waals surface area contributed by atoms with Crippen molar-refractivity contribution in [2.24, 2.45) is 15.4 Å². The third-order valence-corrected chi connectivity index (χ3v) is 4.50. The van der Waals surface area contributed by atoms with Gasteiger partial charge in [0.2, 0.25) is 0 Å². The lowest BCUT2D eigenvalue weighted by Gasteiger charge is -2.37. The van der Waals surface area contributed by atoms with Crippen LogP contribution in [0, 0.1) is 12.3 Å². The fourth-order valence-corrected chi connectivity index (χ4v) is 3.08. The summed E-state index contributed by atoms with van der Waals surface area (Å²) in [5, 5.41) is 0. The molecule has 0 bridgehead atoms. The first kappa shape index (κ1) is 16.3. The molecular formula is C19H25N3. The zero-order valence-corrected chi connectivity index (χ0v) is 14.1. The molecule has 1 unspecified atom stereocenters. The Kier molecular flexibility index (Phi) is 4.74. The van der Waals surface area contributed by atoms with Crippen LogP contribution in [0.5, 0.6) is 0 Å². The van der Waals surface area contributed by atoms with Crippen LogP contribution in [0.1, 0.15) is 44.0 Å². The number of rotatable bonds is 4. The Hall–Kier alpha value is -2.03. The van der Waals surface area contributed by atoms with E-state index in [-0.39, 0.29) is 5.41 Å². The average molecular weight is 295 g/mol. The molecule has 1 atom stereocenters. The first-order valence-corrected chi connectivity index (χ1v) is 7.77. The van der Waals surface area contributed by atoms with Gasteiger partial charge in [0.1, 0.15) is 0 Å². The van der Waals surface area contributed by atoms with Crippen molar-refractivity contribution in [3.8, 4) is 0 Å². The van der Waals surface area contributed by atoms with Crippen LogP contribution in [0.3, 0.4) is 0 Å². The monoisotopic (exact) mass is 295 g/mol. The topological polar surface area (TPSA) is 37.6 Å². The molecule has 0 aromatic carbocycles. The molecule has 22 heavy (non-hydrogen) atoms. The van der Waals surface area contributed by atoms with Crippen LogP contribution >= 0.6 is 0 Å². The Bertz CT molecular complexity index is 667. The summed E-state index contributed by atoms with van der Waals surface area (Å²) in [6.45, 7) is 17.1. The van der Waals surface area contributed by atoms with Gasteiger partial charge in [-0.3, -0.25) is 15.0 Å². The van der Waals surface area contributed by atoms with Gasteiger partial charge in [-0.25, -0.2) is 0 Å². The van der Waals surface area contributed by atoms with Gasteiger partial charge in [0.25, 0.3) is 0 Å². The van der Waals surface area contributed by atoms with E-state index in [0.29, 0.717) is 0 Å². The third kappa shape index (κ3) is 2.94. The molecule has 0 amide bonds. The van der Waals surface area contributed by atoms with Crippen molar-refractivity contribution >= 4 is 18.0 Å². The van der Waals surface area contributed by atoms with E-state index in [9.17, 15) is 0 Å². The molecule has 116 valence electrons. The molecule has 0 saturated heterocycles. The fourth-order valence-electron chi connectivity index (χ4n) is 3.08. The van der Waals surface area contributed by atoms with Crippen molar-refractivity contribution in [3.63, 3.8) is 0 Å². The number of pyridine rings is 1. The predicted octanol–water partition coefficient (Wildman–Crippen LogP) is 4.42. The minimum atomic E-state index is -0.212. The van der Waals surface area contributed by atoms with Gasteiger partial charge in [-0.05, 0) is 76.1 Å². The molecule has 1 aliphatic rings. The maximum atomic E-state index is 4.43. The second-order valence-corrected chi connectivity index (χ2v) is 6.10.